The molecule has 0 spiro atoms. The summed E-state index contributed by atoms with van der Waals surface area (Å²) in [6.45, 7) is 1.70. The van der Waals surface area contributed by atoms with Crippen molar-refractivity contribution in [1.29, 1.82) is 0 Å². The molecule has 0 bridgehead atoms. The van der Waals surface area contributed by atoms with E-state index in [1.807, 2.05) is 35.2 Å². The van der Waals surface area contributed by atoms with Gasteiger partial charge in [-0.1, -0.05) is 42.1 Å². The third-order valence-electron chi connectivity index (χ3n) is 5.22. The third kappa shape index (κ3) is 4.99. The largest absolute Gasteiger partial charge is 0.460 e. The predicted octanol–water partition coefficient (Wildman–Crippen LogP) is 2.71. The highest BCUT2D eigenvalue weighted by molar-refractivity contribution is 8.14. The van der Waals surface area contributed by atoms with Gasteiger partial charge in [0.05, 0.1) is 29.3 Å². The zero-order valence-corrected chi connectivity index (χ0v) is 18.6. The van der Waals surface area contributed by atoms with Gasteiger partial charge in [0.1, 0.15) is 6.61 Å². The molecule has 1 saturated heterocycles. The number of anilines is 1. The van der Waals surface area contributed by atoms with Crippen LogP contribution >= 0.6 is 11.8 Å². The maximum absolute atomic E-state index is 12.2. The van der Waals surface area contributed by atoms with Crippen LogP contribution in [-0.4, -0.2) is 54.7 Å². The van der Waals surface area contributed by atoms with Gasteiger partial charge in [0, 0.05) is 11.3 Å². The summed E-state index contributed by atoms with van der Waals surface area (Å²) in [6.07, 6.45) is 0. The molecular formula is C22H22N2O5S2. The van der Waals surface area contributed by atoms with Crippen LogP contribution in [0.3, 0.4) is 0 Å². The number of benzene rings is 2. The second-order valence-electron chi connectivity index (χ2n) is 7.53. The summed E-state index contributed by atoms with van der Waals surface area (Å²) < 4.78 is 29.6. The minimum atomic E-state index is -3.17. The van der Waals surface area contributed by atoms with Crippen molar-refractivity contribution in [2.45, 2.75) is 25.6 Å². The molecule has 0 saturated carbocycles. The van der Waals surface area contributed by atoms with E-state index in [1.165, 1.54) is 18.7 Å². The second-order valence-corrected chi connectivity index (χ2v) is 10.6. The molecule has 0 N–H and O–H groups in total. The van der Waals surface area contributed by atoms with Crippen molar-refractivity contribution in [2.24, 2.45) is 4.99 Å². The molecule has 0 aromatic heterocycles. The molecule has 2 aromatic carbocycles. The first-order valence-electron chi connectivity index (χ1n) is 9.83. The molecule has 2 heterocycles. The van der Waals surface area contributed by atoms with Gasteiger partial charge < -0.3 is 9.64 Å². The van der Waals surface area contributed by atoms with Crippen molar-refractivity contribution in [3.63, 3.8) is 0 Å². The Morgan fingerprint density at radius 2 is 1.81 bits per heavy atom. The Morgan fingerprint density at radius 3 is 2.48 bits per heavy atom. The summed E-state index contributed by atoms with van der Waals surface area (Å²) in [6, 6.07) is 15.8. The van der Waals surface area contributed by atoms with Crippen molar-refractivity contribution in [3.8, 4) is 0 Å². The van der Waals surface area contributed by atoms with Gasteiger partial charge >= 0.3 is 5.97 Å². The number of ketones is 1. The molecule has 0 amide bonds. The van der Waals surface area contributed by atoms with E-state index in [0.29, 0.717) is 10.7 Å². The highest BCUT2D eigenvalue weighted by Gasteiger charge is 2.47. The SMILES string of the molecule is CC(=O)c1ccc(N2C(SCC(=O)OCc3ccccc3)=NC3CS(=O)(=O)CC32)cc1. The number of Topliss-reactive ketones (excluding diaryl/α,β-unsaturated/α-hetero) is 1. The molecule has 31 heavy (non-hydrogen) atoms. The van der Waals surface area contributed by atoms with E-state index in [2.05, 4.69) is 4.99 Å². The zero-order chi connectivity index (χ0) is 22.0. The molecular weight excluding hydrogens is 436 g/mol. The molecule has 1 fully saturated rings. The molecule has 2 aliphatic heterocycles. The first-order valence-corrected chi connectivity index (χ1v) is 12.6. The fraction of sp³-hybridized carbons (Fsp3) is 0.318. The quantitative estimate of drug-likeness (QED) is 0.485. The van der Waals surface area contributed by atoms with E-state index >= 15 is 0 Å². The molecule has 2 atom stereocenters. The molecule has 4 rings (SSSR count). The Morgan fingerprint density at radius 1 is 1.10 bits per heavy atom. The fourth-order valence-corrected chi connectivity index (χ4v) is 6.46. The van der Waals surface area contributed by atoms with E-state index in [0.717, 1.165) is 11.3 Å². The number of hydrogen-bond acceptors (Lipinski definition) is 8. The van der Waals surface area contributed by atoms with Crippen LogP contribution in [0, 0.1) is 0 Å². The third-order valence-corrected chi connectivity index (χ3v) is 7.86. The van der Waals surface area contributed by atoms with Crippen LogP contribution in [0.25, 0.3) is 0 Å². The van der Waals surface area contributed by atoms with Gasteiger partial charge in [-0.2, -0.15) is 0 Å². The number of fused-ring (bicyclic) bond motifs is 1. The molecule has 0 aliphatic carbocycles. The van der Waals surface area contributed by atoms with Crippen LogP contribution in [0.1, 0.15) is 22.8 Å². The maximum Gasteiger partial charge on any atom is 0.316 e. The van der Waals surface area contributed by atoms with Crippen molar-refractivity contribution >= 4 is 44.2 Å². The number of aliphatic imine (C=N–C) groups is 1. The van der Waals surface area contributed by atoms with Crippen LogP contribution in [0.15, 0.2) is 59.6 Å². The van der Waals surface area contributed by atoms with Gasteiger partial charge in [-0.25, -0.2) is 8.42 Å². The van der Waals surface area contributed by atoms with E-state index in [-0.39, 0.29) is 47.7 Å². The minimum Gasteiger partial charge on any atom is -0.460 e. The normalized spacial score (nSPS) is 21.5. The highest BCUT2D eigenvalue weighted by atomic mass is 32.2. The number of carbonyl (C=O) groups is 2. The number of esters is 1. The average molecular weight is 459 g/mol. The van der Waals surface area contributed by atoms with E-state index < -0.39 is 9.84 Å². The summed E-state index contributed by atoms with van der Waals surface area (Å²) in [4.78, 5) is 30.3. The lowest BCUT2D eigenvalue weighted by molar-refractivity contribution is -0.141. The van der Waals surface area contributed by atoms with Crippen LogP contribution in [0.2, 0.25) is 0 Å². The molecule has 0 radical (unpaired) electrons. The number of carbonyl (C=O) groups excluding carboxylic acids is 2. The Balaban J connectivity index is 1.46. The summed E-state index contributed by atoms with van der Waals surface area (Å²) in [5.74, 6) is -0.327. The standard InChI is InChI=1S/C22H22N2O5S2/c1-15(25)17-7-9-18(10-8-17)24-20-14-31(27,28)13-19(20)23-22(24)30-12-21(26)29-11-16-5-3-2-4-6-16/h2-10,19-20H,11-14H2,1H3. The molecule has 2 unspecified atom stereocenters. The predicted molar refractivity (Wildman–Crippen MR) is 121 cm³/mol. The number of sulfone groups is 1. The van der Waals surface area contributed by atoms with Crippen molar-refractivity contribution < 1.29 is 22.7 Å². The number of ether oxygens (including phenoxy) is 1. The second kappa shape index (κ2) is 8.84. The first-order chi connectivity index (χ1) is 14.8. The molecule has 162 valence electrons. The van der Waals surface area contributed by atoms with Gasteiger partial charge in [-0.15, -0.1) is 0 Å². The number of rotatable bonds is 6. The summed E-state index contributed by atoms with van der Waals surface area (Å²) in [7, 11) is -3.17. The van der Waals surface area contributed by atoms with Crippen molar-refractivity contribution in [2.75, 3.05) is 22.2 Å². The summed E-state index contributed by atoms with van der Waals surface area (Å²) in [5, 5.41) is 0.595. The van der Waals surface area contributed by atoms with E-state index in [9.17, 15) is 18.0 Å². The van der Waals surface area contributed by atoms with Crippen molar-refractivity contribution in [3.05, 3.63) is 65.7 Å². The maximum atomic E-state index is 12.2. The number of thioether (sulfide) groups is 1. The lowest BCUT2D eigenvalue weighted by Gasteiger charge is -2.26. The lowest BCUT2D eigenvalue weighted by Crippen LogP contribution is -2.39. The van der Waals surface area contributed by atoms with Crippen molar-refractivity contribution in [1.82, 2.24) is 0 Å². The van der Waals surface area contributed by atoms with Gasteiger partial charge in [0.2, 0.25) is 0 Å². The van der Waals surface area contributed by atoms with Crippen LogP contribution in [-0.2, 0) is 26.0 Å². The summed E-state index contributed by atoms with van der Waals surface area (Å²) in [5.41, 5.74) is 2.23. The first kappa shape index (κ1) is 21.6. The molecule has 2 aliphatic rings. The number of amidine groups is 1. The average Bonchev–Trinajstić information content (AvgIpc) is 3.22. The highest BCUT2D eigenvalue weighted by Crippen LogP contribution is 2.35. The Bertz CT molecular complexity index is 1110. The Labute approximate surface area is 185 Å². The molecule has 9 heteroatoms. The number of nitrogens with zero attached hydrogens (tertiary/aromatic N) is 2. The smallest absolute Gasteiger partial charge is 0.316 e. The monoisotopic (exact) mass is 458 g/mol. The van der Waals surface area contributed by atoms with Gasteiger partial charge in [0.15, 0.2) is 20.8 Å². The van der Waals surface area contributed by atoms with E-state index in [4.69, 9.17) is 4.74 Å². The molecule has 7 nitrogen and oxygen atoms in total. The summed E-state index contributed by atoms with van der Waals surface area (Å²) >= 11 is 1.24. The fourth-order valence-electron chi connectivity index (χ4n) is 3.70. The molecule has 2 aromatic rings. The van der Waals surface area contributed by atoms with E-state index in [1.54, 1.807) is 24.3 Å². The Hall–Kier alpha value is -2.65. The zero-order valence-electron chi connectivity index (χ0n) is 16.9. The Kier molecular flexibility index (Phi) is 6.15. The topological polar surface area (TPSA) is 93.1 Å². The van der Waals surface area contributed by atoms with Gasteiger partial charge in [-0.3, -0.25) is 14.6 Å². The van der Waals surface area contributed by atoms with Gasteiger partial charge in [-0.05, 0) is 36.8 Å². The van der Waals surface area contributed by atoms with Crippen LogP contribution < -0.4 is 4.90 Å². The van der Waals surface area contributed by atoms with Crippen LogP contribution in [0.4, 0.5) is 5.69 Å². The van der Waals surface area contributed by atoms with Crippen LogP contribution in [0.5, 0.6) is 0 Å². The van der Waals surface area contributed by atoms with Gasteiger partial charge in [0.25, 0.3) is 0 Å². The lowest BCUT2D eigenvalue weighted by atomic mass is 10.1. The number of hydrogen-bond donors (Lipinski definition) is 0. The minimum absolute atomic E-state index is 0.00219.